The third kappa shape index (κ3) is 5.55. The molecule has 0 bridgehead atoms. The van der Waals surface area contributed by atoms with Gasteiger partial charge in [0.15, 0.2) is 0 Å². The largest absolute Gasteiger partial charge is 0.353 e. The maximum atomic E-state index is 11.6. The van der Waals surface area contributed by atoms with Gasteiger partial charge >= 0.3 is 0 Å². The first kappa shape index (κ1) is 14.7. The Labute approximate surface area is 97.3 Å². The van der Waals surface area contributed by atoms with Gasteiger partial charge in [0.25, 0.3) is 0 Å². The molecule has 1 amide bonds. The Kier molecular flexibility index (Phi) is 7.28. The molecule has 0 saturated carbocycles. The lowest BCUT2D eigenvalue weighted by molar-refractivity contribution is -0.129. The maximum absolute atomic E-state index is 11.6. The number of nitrogens with zero attached hydrogens (tertiary/aromatic N) is 2. The summed E-state index contributed by atoms with van der Waals surface area (Å²) in [6.45, 7) is 9.35. The van der Waals surface area contributed by atoms with Gasteiger partial charge in [0.2, 0.25) is 11.9 Å². The van der Waals surface area contributed by atoms with Crippen molar-refractivity contribution < 1.29 is 4.79 Å². The molecule has 0 saturated heterocycles. The van der Waals surface area contributed by atoms with Crippen LogP contribution in [-0.2, 0) is 4.79 Å². The number of carbonyl (C=O) groups is 1. The predicted molar refractivity (Wildman–Crippen MR) is 65.8 cm³/mol. The molecule has 0 rings (SSSR count). The molecule has 0 radical (unpaired) electrons. The maximum Gasteiger partial charge on any atom is 0.244 e. The highest BCUT2D eigenvalue weighted by Gasteiger charge is 2.08. The van der Waals surface area contributed by atoms with Crippen LogP contribution in [0.25, 0.3) is 0 Å². The van der Waals surface area contributed by atoms with Gasteiger partial charge in [-0.2, -0.15) is 0 Å². The monoisotopic (exact) mass is 229 g/mol. The van der Waals surface area contributed by atoms with Crippen LogP contribution in [0.3, 0.4) is 0 Å². The molecule has 0 aliphatic heterocycles. The Morgan fingerprint density at radius 3 is 2.31 bits per heavy atom. The van der Waals surface area contributed by atoms with E-state index in [0.717, 1.165) is 0 Å². The van der Waals surface area contributed by atoms with Crippen LogP contribution in [0, 0.1) is 0 Å². The molecule has 0 aliphatic carbocycles. The average Bonchev–Trinajstić information content (AvgIpc) is 2.25. The minimum Gasteiger partial charge on any atom is -0.353 e. The van der Waals surface area contributed by atoms with E-state index in [0.29, 0.717) is 19.0 Å². The molecule has 0 unspecified atom stereocenters. The normalized spacial score (nSPS) is 11.5. The lowest BCUT2D eigenvalue weighted by atomic mass is 10.4. The number of carbonyl (C=O) groups excluding carboxylic acids is 1. The van der Waals surface area contributed by atoms with Gasteiger partial charge in [-0.25, -0.2) is 10.8 Å². The number of hydrogen-bond acceptors (Lipinski definition) is 3. The average molecular weight is 229 g/mol. The summed E-state index contributed by atoms with van der Waals surface area (Å²) in [6, 6.07) is 0.221. The molecule has 0 aromatic heterocycles. The van der Waals surface area contributed by atoms with Crippen LogP contribution in [0.5, 0.6) is 0 Å². The van der Waals surface area contributed by atoms with Crippen LogP contribution in [0.2, 0.25) is 0 Å². The third-order valence-electron chi connectivity index (χ3n) is 2.05. The molecule has 4 N–H and O–H groups in total. The zero-order valence-electron chi connectivity index (χ0n) is 10.6. The van der Waals surface area contributed by atoms with Crippen LogP contribution in [0.4, 0.5) is 0 Å². The van der Waals surface area contributed by atoms with Crippen molar-refractivity contribution in [3.63, 3.8) is 0 Å². The molecule has 0 fully saturated rings. The van der Waals surface area contributed by atoms with E-state index in [1.165, 1.54) is 0 Å². The fourth-order valence-electron chi connectivity index (χ4n) is 1.23. The summed E-state index contributed by atoms with van der Waals surface area (Å²) >= 11 is 0. The highest BCUT2D eigenvalue weighted by Crippen LogP contribution is 1.89. The molecule has 0 aromatic carbocycles. The second-order valence-corrected chi connectivity index (χ2v) is 3.67. The number of hydrazine groups is 1. The molecule has 16 heavy (non-hydrogen) atoms. The fourth-order valence-corrected chi connectivity index (χ4v) is 1.23. The lowest BCUT2D eigenvalue weighted by Gasteiger charge is -2.18. The topological polar surface area (TPSA) is 82.8 Å². The van der Waals surface area contributed by atoms with Crippen molar-refractivity contribution >= 4 is 11.9 Å². The minimum atomic E-state index is 0.00306. The van der Waals surface area contributed by atoms with Gasteiger partial charge in [-0.15, -0.1) is 0 Å². The van der Waals surface area contributed by atoms with E-state index < -0.39 is 0 Å². The standard InChI is InChI=1S/C10H23N5O/c1-5-15(6-2)9(16)7-12-10(14-11)13-8(3)4/h8H,5-7,11H2,1-4H3,(H2,12,13,14). The summed E-state index contributed by atoms with van der Waals surface area (Å²) in [6.07, 6.45) is 0. The molecular formula is C10H23N5O. The second-order valence-electron chi connectivity index (χ2n) is 3.67. The number of nitrogens with two attached hydrogens (primary N) is 1. The number of nitrogens with one attached hydrogen (secondary N) is 2. The van der Waals surface area contributed by atoms with Gasteiger partial charge in [0.1, 0.15) is 6.54 Å². The van der Waals surface area contributed by atoms with E-state index in [4.69, 9.17) is 5.84 Å². The number of rotatable bonds is 5. The van der Waals surface area contributed by atoms with Crippen molar-refractivity contribution in [2.45, 2.75) is 33.7 Å². The Bertz CT molecular complexity index is 235. The van der Waals surface area contributed by atoms with Crippen molar-refractivity contribution in [2.75, 3.05) is 19.6 Å². The molecular weight excluding hydrogens is 206 g/mol. The van der Waals surface area contributed by atoms with Crippen molar-refractivity contribution in [2.24, 2.45) is 10.8 Å². The molecule has 0 aliphatic rings. The summed E-state index contributed by atoms with van der Waals surface area (Å²) in [5.74, 6) is 5.72. The molecule has 0 spiro atoms. The van der Waals surface area contributed by atoms with Gasteiger partial charge in [-0.1, -0.05) is 0 Å². The number of guanidine groups is 1. The molecule has 6 heteroatoms. The van der Waals surface area contributed by atoms with Crippen LogP contribution in [0.1, 0.15) is 27.7 Å². The van der Waals surface area contributed by atoms with Gasteiger partial charge in [-0.05, 0) is 27.7 Å². The third-order valence-corrected chi connectivity index (χ3v) is 2.05. The zero-order chi connectivity index (χ0) is 12.6. The molecule has 0 atom stereocenters. The Morgan fingerprint density at radius 2 is 1.94 bits per heavy atom. The summed E-state index contributed by atoms with van der Waals surface area (Å²) in [7, 11) is 0. The summed E-state index contributed by atoms with van der Waals surface area (Å²) in [4.78, 5) is 17.4. The van der Waals surface area contributed by atoms with Gasteiger partial charge in [0.05, 0.1) is 0 Å². The van der Waals surface area contributed by atoms with Gasteiger partial charge < -0.3 is 10.2 Å². The number of hydrogen-bond donors (Lipinski definition) is 3. The Balaban J connectivity index is 4.26. The van der Waals surface area contributed by atoms with Gasteiger partial charge in [-0.3, -0.25) is 10.2 Å². The first-order chi connectivity index (χ1) is 7.54. The summed E-state index contributed by atoms with van der Waals surface area (Å²) in [5, 5.41) is 3.00. The SMILES string of the molecule is CCN(CC)C(=O)CN=C(NN)NC(C)C. The Morgan fingerprint density at radius 1 is 1.38 bits per heavy atom. The van der Waals surface area contributed by atoms with E-state index in [2.05, 4.69) is 15.7 Å². The Hall–Kier alpha value is -1.30. The molecule has 0 aromatic rings. The molecule has 94 valence electrons. The first-order valence-corrected chi connectivity index (χ1v) is 5.60. The lowest BCUT2D eigenvalue weighted by Crippen LogP contribution is -2.45. The van der Waals surface area contributed by atoms with E-state index in [1.807, 2.05) is 27.7 Å². The smallest absolute Gasteiger partial charge is 0.244 e. The van der Waals surface area contributed by atoms with E-state index >= 15 is 0 Å². The number of amides is 1. The highest BCUT2D eigenvalue weighted by molar-refractivity contribution is 5.84. The minimum absolute atomic E-state index is 0.00306. The zero-order valence-corrected chi connectivity index (χ0v) is 10.6. The quantitative estimate of drug-likeness (QED) is 0.261. The number of likely N-dealkylation sites (N-methyl/N-ethyl adjacent to an activating group) is 1. The van der Waals surface area contributed by atoms with E-state index in [1.54, 1.807) is 4.90 Å². The second kappa shape index (κ2) is 7.92. The van der Waals surface area contributed by atoms with Crippen LogP contribution >= 0.6 is 0 Å². The van der Waals surface area contributed by atoms with Crippen molar-refractivity contribution in [3.8, 4) is 0 Å². The van der Waals surface area contributed by atoms with Crippen molar-refractivity contribution in [1.82, 2.24) is 15.6 Å². The molecule has 6 nitrogen and oxygen atoms in total. The van der Waals surface area contributed by atoms with Gasteiger partial charge in [0, 0.05) is 19.1 Å². The first-order valence-electron chi connectivity index (χ1n) is 5.60. The van der Waals surface area contributed by atoms with Crippen LogP contribution in [-0.4, -0.2) is 42.4 Å². The van der Waals surface area contributed by atoms with Crippen molar-refractivity contribution in [1.29, 1.82) is 0 Å². The van der Waals surface area contributed by atoms with Crippen LogP contribution in [0.15, 0.2) is 4.99 Å². The van der Waals surface area contributed by atoms with E-state index in [-0.39, 0.29) is 18.5 Å². The fraction of sp³-hybridized carbons (Fsp3) is 0.800. The summed E-state index contributed by atoms with van der Waals surface area (Å²) in [5.41, 5.74) is 2.43. The van der Waals surface area contributed by atoms with Crippen LogP contribution < -0.4 is 16.6 Å². The predicted octanol–water partition coefficient (Wildman–Crippen LogP) is -0.328. The summed E-state index contributed by atoms with van der Waals surface area (Å²) < 4.78 is 0. The van der Waals surface area contributed by atoms with Crippen molar-refractivity contribution in [3.05, 3.63) is 0 Å². The molecule has 0 heterocycles. The van der Waals surface area contributed by atoms with E-state index in [9.17, 15) is 4.79 Å². The highest BCUT2D eigenvalue weighted by atomic mass is 16.2. The number of aliphatic imine (C=N–C) groups is 1.